The summed E-state index contributed by atoms with van der Waals surface area (Å²) < 4.78 is 5.43. The standard InChI is InChI=1S/C14H24N2O3/c1-2-7-15-14(18)12-10-19-9-8-16(12)11-5-3-4-6-13(11)17/h11-12H,2-10H2,1H3,(H,15,18). The van der Waals surface area contributed by atoms with E-state index in [1.165, 1.54) is 0 Å². The Morgan fingerprint density at radius 2 is 2.32 bits per heavy atom. The van der Waals surface area contributed by atoms with Gasteiger partial charge in [0.25, 0.3) is 0 Å². The maximum absolute atomic E-state index is 12.2. The molecule has 2 unspecified atom stereocenters. The second kappa shape index (κ2) is 7.01. The molecule has 5 heteroatoms. The lowest BCUT2D eigenvalue weighted by Crippen LogP contribution is -2.59. The van der Waals surface area contributed by atoms with Crippen LogP contribution < -0.4 is 5.32 Å². The van der Waals surface area contributed by atoms with Crippen molar-refractivity contribution in [1.82, 2.24) is 10.2 Å². The molecule has 2 rings (SSSR count). The number of ether oxygens (including phenoxy) is 1. The number of ketones is 1. The van der Waals surface area contributed by atoms with Crippen molar-refractivity contribution in [2.45, 2.75) is 51.1 Å². The van der Waals surface area contributed by atoms with Crippen LogP contribution in [-0.2, 0) is 14.3 Å². The molecule has 5 nitrogen and oxygen atoms in total. The Morgan fingerprint density at radius 1 is 1.47 bits per heavy atom. The van der Waals surface area contributed by atoms with E-state index in [1.54, 1.807) is 0 Å². The van der Waals surface area contributed by atoms with E-state index in [4.69, 9.17) is 4.74 Å². The quantitative estimate of drug-likeness (QED) is 0.816. The minimum Gasteiger partial charge on any atom is -0.378 e. The second-order valence-electron chi connectivity index (χ2n) is 5.35. The molecule has 0 aromatic carbocycles. The maximum atomic E-state index is 12.2. The summed E-state index contributed by atoms with van der Waals surface area (Å²) in [6, 6.07) is -0.373. The van der Waals surface area contributed by atoms with Crippen LogP contribution in [0.25, 0.3) is 0 Å². The zero-order valence-electron chi connectivity index (χ0n) is 11.7. The molecule has 0 spiro atoms. The van der Waals surface area contributed by atoms with E-state index in [1.807, 2.05) is 6.92 Å². The molecule has 1 saturated heterocycles. The molecule has 0 bridgehead atoms. The Bertz CT molecular complexity index is 333. The molecule has 2 fully saturated rings. The summed E-state index contributed by atoms with van der Waals surface area (Å²) in [6.07, 6.45) is 4.53. The largest absolute Gasteiger partial charge is 0.378 e. The van der Waals surface area contributed by atoms with E-state index >= 15 is 0 Å². The number of nitrogens with zero attached hydrogens (tertiary/aromatic N) is 1. The lowest BCUT2D eigenvalue weighted by atomic mass is 9.91. The Labute approximate surface area is 114 Å². The van der Waals surface area contributed by atoms with Gasteiger partial charge in [-0.25, -0.2) is 0 Å². The lowest BCUT2D eigenvalue weighted by molar-refractivity contribution is -0.140. The van der Waals surface area contributed by atoms with Crippen LogP contribution in [0.2, 0.25) is 0 Å². The Morgan fingerprint density at radius 3 is 3.05 bits per heavy atom. The molecule has 1 heterocycles. The fraction of sp³-hybridized carbons (Fsp3) is 0.857. The molecule has 19 heavy (non-hydrogen) atoms. The van der Waals surface area contributed by atoms with Gasteiger partial charge in [0.1, 0.15) is 11.8 Å². The van der Waals surface area contributed by atoms with Crippen LogP contribution in [0, 0.1) is 0 Å². The van der Waals surface area contributed by atoms with Crippen LogP contribution in [0.4, 0.5) is 0 Å². The zero-order valence-corrected chi connectivity index (χ0v) is 11.7. The summed E-state index contributed by atoms with van der Waals surface area (Å²) in [6.45, 7) is 4.41. The predicted octanol–water partition coefficient (Wildman–Crippen LogP) is 0.725. The molecule has 1 N–H and O–H groups in total. The summed E-state index contributed by atoms with van der Waals surface area (Å²) in [5, 5.41) is 2.91. The number of morpholine rings is 1. The van der Waals surface area contributed by atoms with Crippen molar-refractivity contribution in [3.63, 3.8) is 0 Å². The number of carbonyl (C=O) groups is 2. The topological polar surface area (TPSA) is 58.6 Å². The smallest absolute Gasteiger partial charge is 0.239 e. The van der Waals surface area contributed by atoms with Gasteiger partial charge in [-0.2, -0.15) is 0 Å². The molecule has 2 aliphatic rings. The molecule has 1 aliphatic carbocycles. The van der Waals surface area contributed by atoms with Crippen LogP contribution in [0.15, 0.2) is 0 Å². The van der Waals surface area contributed by atoms with E-state index in [9.17, 15) is 9.59 Å². The Balaban J connectivity index is 2.02. The van der Waals surface area contributed by atoms with E-state index in [-0.39, 0.29) is 18.0 Å². The molecule has 0 aromatic rings. The SMILES string of the molecule is CCCNC(=O)C1COCCN1C1CCCCC1=O. The summed E-state index contributed by atoms with van der Waals surface area (Å²) in [5.41, 5.74) is 0. The van der Waals surface area contributed by atoms with Gasteiger partial charge in [-0.05, 0) is 19.3 Å². The van der Waals surface area contributed by atoms with Crippen molar-refractivity contribution in [1.29, 1.82) is 0 Å². The predicted molar refractivity (Wildman–Crippen MR) is 71.9 cm³/mol. The van der Waals surface area contributed by atoms with Gasteiger partial charge in [-0.3, -0.25) is 14.5 Å². The third kappa shape index (κ3) is 3.54. The molecule has 108 valence electrons. The van der Waals surface area contributed by atoms with Gasteiger partial charge >= 0.3 is 0 Å². The Kier molecular flexibility index (Phi) is 5.34. The molecular weight excluding hydrogens is 244 g/mol. The number of carbonyl (C=O) groups excluding carboxylic acids is 2. The molecule has 0 aromatic heterocycles. The number of rotatable bonds is 4. The number of amides is 1. The van der Waals surface area contributed by atoms with Gasteiger partial charge in [0.05, 0.1) is 19.3 Å². The van der Waals surface area contributed by atoms with Crippen molar-refractivity contribution in [2.24, 2.45) is 0 Å². The van der Waals surface area contributed by atoms with E-state index in [2.05, 4.69) is 10.2 Å². The first kappa shape index (κ1) is 14.5. The molecule has 0 radical (unpaired) electrons. The van der Waals surface area contributed by atoms with Crippen molar-refractivity contribution in [2.75, 3.05) is 26.3 Å². The number of Topliss-reactive ketones (excluding diaryl/α,β-unsaturated/α-hetero) is 1. The van der Waals surface area contributed by atoms with Crippen molar-refractivity contribution in [3.05, 3.63) is 0 Å². The average molecular weight is 268 g/mol. The van der Waals surface area contributed by atoms with Gasteiger partial charge in [-0.15, -0.1) is 0 Å². The Hall–Kier alpha value is -0.940. The van der Waals surface area contributed by atoms with Crippen LogP contribution in [0.5, 0.6) is 0 Å². The molecular formula is C14H24N2O3. The summed E-state index contributed by atoms with van der Waals surface area (Å²) in [5.74, 6) is 0.293. The van der Waals surface area contributed by atoms with Gasteiger partial charge in [0, 0.05) is 19.5 Å². The zero-order chi connectivity index (χ0) is 13.7. The fourth-order valence-corrected chi connectivity index (χ4v) is 2.90. The highest BCUT2D eigenvalue weighted by Gasteiger charge is 2.37. The highest BCUT2D eigenvalue weighted by molar-refractivity contribution is 5.87. The van der Waals surface area contributed by atoms with Crippen LogP contribution >= 0.6 is 0 Å². The first-order chi connectivity index (χ1) is 9.24. The fourth-order valence-electron chi connectivity index (χ4n) is 2.90. The van der Waals surface area contributed by atoms with Crippen LogP contribution in [0.3, 0.4) is 0 Å². The first-order valence-corrected chi connectivity index (χ1v) is 7.38. The average Bonchev–Trinajstić information content (AvgIpc) is 2.45. The lowest BCUT2D eigenvalue weighted by Gasteiger charge is -2.40. The van der Waals surface area contributed by atoms with Gasteiger partial charge < -0.3 is 10.1 Å². The second-order valence-corrected chi connectivity index (χ2v) is 5.35. The number of hydrogen-bond acceptors (Lipinski definition) is 4. The van der Waals surface area contributed by atoms with Crippen LogP contribution in [0.1, 0.15) is 39.0 Å². The molecule has 1 aliphatic heterocycles. The number of nitrogens with one attached hydrogen (secondary N) is 1. The van der Waals surface area contributed by atoms with E-state index in [0.717, 1.165) is 25.7 Å². The maximum Gasteiger partial charge on any atom is 0.239 e. The van der Waals surface area contributed by atoms with Crippen molar-refractivity contribution in [3.8, 4) is 0 Å². The van der Waals surface area contributed by atoms with Gasteiger partial charge in [0.2, 0.25) is 5.91 Å². The number of hydrogen-bond donors (Lipinski definition) is 1. The highest BCUT2D eigenvalue weighted by Crippen LogP contribution is 2.23. The normalized spacial score (nSPS) is 29.2. The summed E-state index contributed by atoms with van der Waals surface area (Å²) >= 11 is 0. The highest BCUT2D eigenvalue weighted by atomic mass is 16.5. The molecule has 1 amide bonds. The van der Waals surface area contributed by atoms with Crippen molar-refractivity contribution >= 4 is 11.7 Å². The third-order valence-corrected chi connectivity index (χ3v) is 3.94. The summed E-state index contributed by atoms with van der Waals surface area (Å²) in [4.78, 5) is 26.3. The molecule has 1 saturated carbocycles. The van der Waals surface area contributed by atoms with E-state index in [0.29, 0.717) is 38.5 Å². The summed E-state index contributed by atoms with van der Waals surface area (Å²) in [7, 11) is 0. The van der Waals surface area contributed by atoms with Crippen LogP contribution in [-0.4, -0.2) is 55.0 Å². The van der Waals surface area contributed by atoms with Crippen molar-refractivity contribution < 1.29 is 14.3 Å². The van der Waals surface area contributed by atoms with Gasteiger partial charge in [-0.1, -0.05) is 13.3 Å². The molecule has 2 atom stereocenters. The monoisotopic (exact) mass is 268 g/mol. The minimum atomic E-state index is -0.299. The minimum absolute atomic E-state index is 0.0000709. The third-order valence-electron chi connectivity index (χ3n) is 3.94. The van der Waals surface area contributed by atoms with Gasteiger partial charge in [0.15, 0.2) is 0 Å². The first-order valence-electron chi connectivity index (χ1n) is 7.38. The van der Waals surface area contributed by atoms with E-state index < -0.39 is 0 Å².